The highest BCUT2D eigenvalue weighted by Gasteiger charge is 2.31. The van der Waals surface area contributed by atoms with Crippen molar-refractivity contribution in [2.45, 2.75) is 0 Å². The molecule has 5 heteroatoms. The SMILES string of the molecule is C/N=C1\N(C)C(=O)CN1c1ccc(Cl)cc1. The van der Waals surface area contributed by atoms with Crippen molar-refractivity contribution in [1.82, 2.24) is 4.90 Å². The normalized spacial score (nSPS) is 18.7. The third kappa shape index (κ3) is 1.76. The third-order valence-electron chi connectivity index (χ3n) is 2.55. The minimum atomic E-state index is 0.0375. The van der Waals surface area contributed by atoms with E-state index >= 15 is 0 Å². The van der Waals surface area contributed by atoms with Crippen LogP contribution in [0.25, 0.3) is 0 Å². The number of hydrogen-bond donors (Lipinski definition) is 0. The van der Waals surface area contributed by atoms with Gasteiger partial charge in [-0.1, -0.05) is 11.6 Å². The Morgan fingerprint density at radius 1 is 1.31 bits per heavy atom. The monoisotopic (exact) mass is 237 g/mol. The molecule has 1 aliphatic heterocycles. The van der Waals surface area contributed by atoms with Gasteiger partial charge in [0.15, 0.2) is 0 Å². The van der Waals surface area contributed by atoms with Crippen molar-refractivity contribution in [3.63, 3.8) is 0 Å². The van der Waals surface area contributed by atoms with E-state index in [1.807, 2.05) is 17.0 Å². The van der Waals surface area contributed by atoms with Crippen LogP contribution in [0.5, 0.6) is 0 Å². The molecule has 0 aliphatic carbocycles. The molecule has 0 unspecified atom stereocenters. The molecule has 1 saturated heterocycles. The Kier molecular flexibility index (Phi) is 2.83. The second-order valence-corrected chi connectivity index (χ2v) is 3.98. The number of aliphatic imine (C=N–C) groups is 1. The Morgan fingerprint density at radius 3 is 2.50 bits per heavy atom. The lowest BCUT2D eigenvalue weighted by Crippen LogP contribution is -2.31. The number of guanidine groups is 1. The largest absolute Gasteiger partial charge is 0.303 e. The molecule has 1 aromatic carbocycles. The first-order valence-electron chi connectivity index (χ1n) is 4.90. The number of halogens is 1. The summed E-state index contributed by atoms with van der Waals surface area (Å²) in [6.07, 6.45) is 0. The van der Waals surface area contributed by atoms with Crippen LogP contribution < -0.4 is 4.90 Å². The van der Waals surface area contributed by atoms with Crippen LogP contribution in [-0.2, 0) is 4.79 Å². The minimum absolute atomic E-state index is 0.0375. The van der Waals surface area contributed by atoms with Gasteiger partial charge < -0.3 is 4.90 Å². The number of hydrogen-bond acceptors (Lipinski definition) is 2. The quantitative estimate of drug-likeness (QED) is 0.744. The second-order valence-electron chi connectivity index (χ2n) is 3.54. The summed E-state index contributed by atoms with van der Waals surface area (Å²) in [5.41, 5.74) is 0.919. The van der Waals surface area contributed by atoms with E-state index < -0.39 is 0 Å². The summed E-state index contributed by atoms with van der Waals surface area (Å²) in [7, 11) is 3.40. The fraction of sp³-hybridized carbons (Fsp3) is 0.273. The van der Waals surface area contributed by atoms with Gasteiger partial charge >= 0.3 is 0 Å². The van der Waals surface area contributed by atoms with E-state index in [9.17, 15) is 4.79 Å². The Labute approximate surface area is 99.1 Å². The van der Waals surface area contributed by atoms with Gasteiger partial charge in [0.2, 0.25) is 11.9 Å². The van der Waals surface area contributed by atoms with E-state index in [-0.39, 0.29) is 5.91 Å². The van der Waals surface area contributed by atoms with Crippen molar-refractivity contribution in [2.24, 2.45) is 4.99 Å². The molecule has 0 spiro atoms. The third-order valence-corrected chi connectivity index (χ3v) is 2.80. The van der Waals surface area contributed by atoms with E-state index in [4.69, 9.17) is 11.6 Å². The van der Waals surface area contributed by atoms with Gasteiger partial charge in [-0.05, 0) is 24.3 Å². The van der Waals surface area contributed by atoms with Crippen LogP contribution in [0.15, 0.2) is 29.3 Å². The highest BCUT2D eigenvalue weighted by atomic mass is 35.5. The summed E-state index contributed by atoms with van der Waals surface area (Å²) in [5, 5.41) is 0.678. The van der Waals surface area contributed by atoms with Crippen molar-refractivity contribution in [3.8, 4) is 0 Å². The number of anilines is 1. The lowest BCUT2D eigenvalue weighted by Gasteiger charge is -2.18. The summed E-state index contributed by atoms with van der Waals surface area (Å²) < 4.78 is 0. The summed E-state index contributed by atoms with van der Waals surface area (Å²) in [4.78, 5) is 19.1. The zero-order valence-corrected chi connectivity index (χ0v) is 9.90. The second kappa shape index (κ2) is 4.14. The maximum absolute atomic E-state index is 11.6. The van der Waals surface area contributed by atoms with Crippen molar-refractivity contribution in [3.05, 3.63) is 29.3 Å². The zero-order valence-electron chi connectivity index (χ0n) is 9.14. The molecule has 4 nitrogen and oxygen atoms in total. The molecule has 1 heterocycles. The van der Waals surface area contributed by atoms with Crippen LogP contribution in [0.1, 0.15) is 0 Å². The lowest BCUT2D eigenvalue weighted by atomic mass is 10.3. The molecule has 0 saturated carbocycles. The predicted octanol–water partition coefficient (Wildman–Crippen LogP) is 1.60. The molecule has 1 aliphatic rings. The van der Waals surface area contributed by atoms with Crippen LogP contribution in [0.4, 0.5) is 5.69 Å². The van der Waals surface area contributed by atoms with E-state index in [0.717, 1.165) is 5.69 Å². The smallest absolute Gasteiger partial charge is 0.249 e. The van der Waals surface area contributed by atoms with Gasteiger partial charge in [0, 0.05) is 24.8 Å². The topological polar surface area (TPSA) is 35.9 Å². The molecule has 0 N–H and O–H groups in total. The molecular formula is C11H12ClN3O. The summed E-state index contributed by atoms with van der Waals surface area (Å²) >= 11 is 5.82. The maximum atomic E-state index is 11.6. The Balaban J connectivity index is 2.35. The summed E-state index contributed by atoms with van der Waals surface area (Å²) in [5.74, 6) is 0.697. The predicted molar refractivity (Wildman–Crippen MR) is 64.9 cm³/mol. The molecule has 0 atom stereocenters. The number of rotatable bonds is 1. The molecule has 84 valence electrons. The zero-order chi connectivity index (χ0) is 11.7. The van der Waals surface area contributed by atoms with E-state index in [1.54, 1.807) is 31.1 Å². The fourth-order valence-corrected chi connectivity index (χ4v) is 1.83. The Hall–Kier alpha value is -1.55. The molecule has 16 heavy (non-hydrogen) atoms. The maximum Gasteiger partial charge on any atom is 0.249 e. The first-order valence-corrected chi connectivity index (χ1v) is 5.27. The number of benzene rings is 1. The molecule has 2 rings (SSSR count). The first kappa shape index (κ1) is 11.0. The van der Waals surface area contributed by atoms with Crippen LogP contribution in [0, 0.1) is 0 Å². The number of carbonyl (C=O) groups is 1. The molecule has 1 aromatic rings. The van der Waals surface area contributed by atoms with Gasteiger partial charge in [0.1, 0.15) is 6.54 Å². The fourth-order valence-electron chi connectivity index (χ4n) is 1.70. The van der Waals surface area contributed by atoms with Gasteiger partial charge in [-0.25, -0.2) is 0 Å². The van der Waals surface area contributed by atoms with Crippen LogP contribution in [0.3, 0.4) is 0 Å². The summed E-state index contributed by atoms with van der Waals surface area (Å²) in [6.45, 7) is 0.324. The van der Waals surface area contributed by atoms with E-state index in [0.29, 0.717) is 17.5 Å². The molecule has 1 amide bonds. The number of amides is 1. The van der Waals surface area contributed by atoms with Crippen molar-refractivity contribution < 1.29 is 4.79 Å². The van der Waals surface area contributed by atoms with Crippen molar-refractivity contribution in [2.75, 3.05) is 25.5 Å². The van der Waals surface area contributed by atoms with E-state index in [1.165, 1.54) is 0 Å². The van der Waals surface area contributed by atoms with Crippen LogP contribution >= 0.6 is 11.6 Å². The van der Waals surface area contributed by atoms with Gasteiger partial charge in [-0.3, -0.25) is 14.7 Å². The highest BCUT2D eigenvalue weighted by molar-refractivity contribution is 6.30. The van der Waals surface area contributed by atoms with Crippen LogP contribution in [-0.4, -0.2) is 37.4 Å². The molecule has 0 radical (unpaired) electrons. The number of nitrogens with zero attached hydrogens (tertiary/aromatic N) is 3. The molecular weight excluding hydrogens is 226 g/mol. The molecule has 1 fully saturated rings. The Morgan fingerprint density at radius 2 is 1.94 bits per heavy atom. The molecule has 0 bridgehead atoms. The van der Waals surface area contributed by atoms with Gasteiger partial charge in [-0.2, -0.15) is 0 Å². The average Bonchev–Trinajstić information content (AvgIpc) is 2.56. The lowest BCUT2D eigenvalue weighted by molar-refractivity contribution is -0.123. The average molecular weight is 238 g/mol. The molecule has 0 aromatic heterocycles. The Bertz CT molecular complexity index is 441. The van der Waals surface area contributed by atoms with Crippen LogP contribution in [0.2, 0.25) is 5.02 Å². The van der Waals surface area contributed by atoms with Gasteiger partial charge in [0.05, 0.1) is 0 Å². The summed E-state index contributed by atoms with van der Waals surface area (Å²) in [6, 6.07) is 7.35. The minimum Gasteiger partial charge on any atom is -0.303 e. The standard InChI is InChI=1S/C11H12ClN3O/c1-13-11-14(2)10(16)7-15(11)9-5-3-8(12)4-6-9/h3-6H,7H2,1-2H3/b13-11+. The van der Waals surface area contributed by atoms with E-state index in [2.05, 4.69) is 4.99 Å². The van der Waals surface area contributed by atoms with Gasteiger partial charge in [0.25, 0.3) is 0 Å². The number of likely N-dealkylation sites (N-methyl/N-ethyl adjacent to an activating group) is 1. The highest BCUT2D eigenvalue weighted by Crippen LogP contribution is 2.22. The number of carbonyl (C=O) groups excluding carboxylic acids is 1. The van der Waals surface area contributed by atoms with Gasteiger partial charge in [-0.15, -0.1) is 0 Å². The van der Waals surface area contributed by atoms with Crippen molar-refractivity contribution in [1.29, 1.82) is 0 Å². The van der Waals surface area contributed by atoms with Crippen molar-refractivity contribution >= 4 is 29.2 Å². The first-order chi connectivity index (χ1) is 7.63.